The molecule has 4 heteroatoms. The maximum atomic E-state index is 11.5. The molecule has 1 amide bonds. The molecule has 0 N–H and O–H groups in total. The van der Waals surface area contributed by atoms with Crippen LogP contribution < -0.4 is 0 Å². The second-order valence-corrected chi connectivity index (χ2v) is 4.79. The molecule has 1 aromatic heterocycles. The Kier molecular flexibility index (Phi) is 3.86. The lowest BCUT2D eigenvalue weighted by atomic mass is 10.2. The lowest BCUT2D eigenvalue weighted by Crippen LogP contribution is -2.21. The average Bonchev–Trinajstić information content (AvgIpc) is 2.80. The lowest BCUT2D eigenvalue weighted by molar-refractivity contribution is -0.128. The van der Waals surface area contributed by atoms with Crippen LogP contribution >= 0.6 is 0 Å². The second kappa shape index (κ2) is 5.57. The van der Waals surface area contributed by atoms with Gasteiger partial charge in [-0.05, 0) is 30.7 Å². The first-order chi connectivity index (χ1) is 9.11. The molecule has 0 saturated carbocycles. The van der Waals surface area contributed by atoms with Crippen molar-refractivity contribution in [3.63, 3.8) is 0 Å². The quantitative estimate of drug-likeness (QED) is 0.842. The molecule has 98 valence electrons. The highest BCUT2D eigenvalue weighted by molar-refractivity contribution is 5.81. The lowest BCUT2D eigenvalue weighted by Gasteiger charge is -2.10. The molecule has 0 spiro atoms. The van der Waals surface area contributed by atoms with Crippen molar-refractivity contribution in [1.29, 1.82) is 5.26 Å². The summed E-state index contributed by atoms with van der Waals surface area (Å²) in [6, 6.07) is 9.81. The highest BCUT2D eigenvalue weighted by Crippen LogP contribution is 2.18. The number of aryl methyl sites for hydroxylation is 1. The van der Waals surface area contributed by atoms with E-state index in [4.69, 9.17) is 5.26 Å². The van der Waals surface area contributed by atoms with Crippen LogP contribution in [0.5, 0.6) is 0 Å². The van der Waals surface area contributed by atoms with Gasteiger partial charge in [-0.25, -0.2) is 0 Å². The summed E-state index contributed by atoms with van der Waals surface area (Å²) in [5.41, 5.74) is 1.78. The van der Waals surface area contributed by atoms with E-state index in [-0.39, 0.29) is 5.91 Å². The van der Waals surface area contributed by atoms with Gasteiger partial charge in [-0.3, -0.25) is 4.79 Å². The van der Waals surface area contributed by atoms with Crippen LogP contribution in [-0.2, 0) is 11.3 Å². The highest BCUT2D eigenvalue weighted by atomic mass is 16.2. The van der Waals surface area contributed by atoms with Crippen LogP contribution in [0.15, 0.2) is 30.5 Å². The normalized spacial score (nSPS) is 10.4. The number of rotatable bonds is 4. The summed E-state index contributed by atoms with van der Waals surface area (Å²) >= 11 is 0. The minimum Gasteiger partial charge on any atom is -0.349 e. The topological polar surface area (TPSA) is 49.0 Å². The molecule has 1 heterocycles. The Hall–Kier alpha value is -2.28. The molecule has 0 aliphatic rings. The summed E-state index contributed by atoms with van der Waals surface area (Å²) in [4.78, 5) is 13.1. The van der Waals surface area contributed by atoms with Crippen LogP contribution in [-0.4, -0.2) is 29.5 Å². The summed E-state index contributed by atoms with van der Waals surface area (Å²) in [5.74, 6) is 0.156. The molecule has 19 heavy (non-hydrogen) atoms. The number of aromatic nitrogens is 1. The van der Waals surface area contributed by atoms with E-state index in [0.717, 1.165) is 23.9 Å². The Balaban J connectivity index is 2.06. The molecule has 0 saturated heterocycles. The van der Waals surface area contributed by atoms with E-state index < -0.39 is 0 Å². The molecule has 2 aromatic rings. The number of carbonyl (C=O) groups is 1. The molecule has 4 nitrogen and oxygen atoms in total. The summed E-state index contributed by atoms with van der Waals surface area (Å²) in [5, 5.41) is 9.93. The van der Waals surface area contributed by atoms with Crippen LogP contribution in [0.25, 0.3) is 10.9 Å². The summed E-state index contributed by atoms with van der Waals surface area (Å²) in [6.45, 7) is 0.814. The van der Waals surface area contributed by atoms with Crippen LogP contribution in [0, 0.1) is 11.3 Å². The van der Waals surface area contributed by atoms with Crippen molar-refractivity contribution in [2.45, 2.75) is 19.4 Å². The molecule has 0 fully saturated rings. The van der Waals surface area contributed by atoms with E-state index in [1.807, 2.05) is 30.5 Å². The summed E-state index contributed by atoms with van der Waals surface area (Å²) in [7, 11) is 3.55. The van der Waals surface area contributed by atoms with Gasteiger partial charge in [0, 0.05) is 44.2 Å². The van der Waals surface area contributed by atoms with Gasteiger partial charge in [-0.1, -0.05) is 0 Å². The van der Waals surface area contributed by atoms with Crippen molar-refractivity contribution >= 4 is 16.8 Å². The van der Waals surface area contributed by atoms with E-state index >= 15 is 0 Å². The van der Waals surface area contributed by atoms with Gasteiger partial charge >= 0.3 is 0 Å². The smallest absolute Gasteiger partial charge is 0.222 e. The Morgan fingerprint density at radius 1 is 1.37 bits per heavy atom. The first-order valence-corrected chi connectivity index (χ1v) is 6.31. The molecular weight excluding hydrogens is 238 g/mol. The fourth-order valence-electron chi connectivity index (χ4n) is 2.09. The van der Waals surface area contributed by atoms with Gasteiger partial charge in [0.1, 0.15) is 0 Å². The molecular formula is C15H17N3O. The third-order valence-corrected chi connectivity index (χ3v) is 3.19. The number of fused-ring (bicyclic) bond motifs is 1. The number of benzene rings is 1. The molecule has 0 radical (unpaired) electrons. The van der Waals surface area contributed by atoms with Gasteiger partial charge in [-0.2, -0.15) is 5.26 Å². The first kappa shape index (κ1) is 13.2. The molecule has 0 bridgehead atoms. The largest absolute Gasteiger partial charge is 0.349 e. The van der Waals surface area contributed by atoms with E-state index in [1.165, 1.54) is 0 Å². The van der Waals surface area contributed by atoms with E-state index in [1.54, 1.807) is 19.0 Å². The van der Waals surface area contributed by atoms with Gasteiger partial charge in [0.2, 0.25) is 5.91 Å². The van der Waals surface area contributed by atoms with E-state index in [0.29, 0.717) is 12.0 Å². The minimum atomic E-state index is 0.156. The fraction of sp³-hybridized carbons (Fsp3) is 0.333. The van der Waals surface area contributed by atoms with Gasteiger partial charge in [-0.15, -0.1) is 0 Å². The zero-order valence-electron chi connectivity index (χ0n) is 11.3. The first-order valence-electron chi connectivity index (χ1n) is 6.31. The van der Waals surface area contributed by atoms with Crippen molar-refractivity contribution in [1.82, 2.24) is 9.47 Å². The third-order valence-electron chi connectivity index (χ3n) is 3.19. The predicted octanol–water partition coefficient (Wildman–Crippen LogP) is 2.38. The van der Waals surface area contributed by atoms with Crippen molar-refractivity contribution in [2.75, 3.05) is 14.1 Å². The average molecular weight is 255 g/mol. The molecule has 2 rings (SSSR count). The highest BCUT2D eigenvalue weighted by Gasteiger charge is 2.05. The number of amides is 1. The van der Waals surface area contributed by atoms with Crippen molar-refractivity contribution in [2.24, 2.45) is 0 Å². The van der Waals surface area contributed by atoms with Crippen LogP contribution in [0.4, 0.5) is 0 Å². The predicted molar refractivity (Wildman–Crippen MR) is 74.6 cm³/mol. The van der Waals surface area contributed by atoms with Crippen molar-refractivity contribution in [3.8, 4) is 6.07 Å². The Morgan fingerprint density at radius 2 is 2.16 bits per heavy atom. The maximum absolute atomic E-state index is 11.5. The van der Waals surface area contributed by atoms with Gasteiger partial charge in [0.05, 0.1) is 11.6 Å². The van der Waals surface area contributed by atoms with E-state index in [9.17, 15) is 4.79 Å². The Bertz CT molecular complexity index is 634. The van der Waals surface area contributed by atoms with Gasteiger partial charge in [0.15, 0.2) is 0 Å². The molecule has 0 unspecified atom stereocenters. The maximum Gasteiger partial charge on any atom is 0.222 e. The fourth-order valence-corrected chi connectivity index (χ4v) is 2.09. The molecule has 0 aliphatic heterocycles. The number of nitrogens with zero attached hydrogens (tertiary/aromatic N) is 3. The van der Waals surface area contributed by atoms with Crippen LogP contribution in [0.2, 0.25) is 0 Å². The zero-order chi connectivity index (χ0) is 13.8. The molecule has 0 atom stereocenters. The minimum absolute atomic E-state index is 0.156. The standard InChI is InChI=1S/C15H17N3O/c1-17(2)15(19)4-3-8-18-9-7-13-10-12(11-16)5-6-14(13)18/h5-7,9-10H,3-4,8H2,1-2H3. The van der Waals surface area contributed by atoms with Crippen molar-refractivity contribution < 1.29 is 4.79 Å². The van der Waals surface area contributed by atoms with E-state index in [2.05, 4.69) is 10.6 Å². The number of carbonyl (C=O) groups excluding carboxylic acids is 1. The number of nitriles is 1. The number of hydrogen-bond donors (Lipinski definition) is 0. The summed E-state index contributed by atoms with van der Waals surface area (Å²) < 4.78 is 2.12. The SMILES string of the molecule is CN(C)C(=O)CCCn1ccc2cc(C#N)ccc21. The third kappa shape index (κ3) is 2.94. The zero-order valence-corrected chi connectivity index (χ0v) is 11.3. The molecule has 1 aromatic carbocycles. The summed E-state index contributed by atoms with van der Waals surface area (Å²) in [6.07, 6.45) is 3.38. The monoisotopic (exact) mass is 255 g/mol. The second-order valence-electron chi connectivity index (χ2n) is 4.79. The van der Waals surface area contributed by atoms with Gasteiger partial charge < -0.3 is 9.47 Å². The molecule has 0 aliphatic carbocycles. The van der Waals surface area contributed by atoms with Crippen LogP contribution in [0.3, 0.4) is 0 Å². The van der Waals surface area contributed by atoms with Gasteiger partial charge in [0.25, 0.3) is 0 Å². The van der Waals surface area contributed by atoms with Crippen LogP contribution in [0.1, 0.15) is 18.4 Å². The van der Waals surface area contributed by atoms with Crippen molar-refractivity contribution in [3.05, 3.63) is 36.0 Å². The number of hydrogen-bond acceptors (Lipinski definition) is 2. The Morgan fingerprint density at radius 3 is 2.84 bits per heavy atom. The Labute approximate surface area is 112 Å².